The Labute approximate surface area is 173 Å². The lowest BCUT2D eigenvalue weighted by Crippen LogP contribution is -2.32. The Kier molecular flexibility index (Phi) is 6.57. The van der Waals surface area contributed by atoms with Crippen molar-refractivity contribution in [2.45, 2.75) is 19.9 Å². The Morgan fingerprint density at radius 1 is 1.14 bits per heavy atom. The van der Waals surface area contributed by atoms with Crippen LogP contribution in [0, 0.1) is 17.0 Å². The molecule has 0 aliphatic rings. The predicted molar refractivity (Wildman–Crippen MR) is 112 cm³/mol. The molecule has 0 radical (unpaired) electrons. The van der Waals surface area contributed by atoms with Crippen molar-refractivity contribution in [1.82, 2.24) is 9.88 Å². The van der Waals surface area contributed by atoms with Gasteiger partial charge in [0.05, 0.1) is 4.92 Å². The number of pyridine rings is 1. The van der Waals surface area contributed by atoms with Crippen LogP contribution in [0.1, 0.15) is 27.2 Å². The summed E-state index contributed by atoms with van der Waals surface area (Å²) in [5, 5.41) is 11.8. The average molecular weight is 410 g/mol. The minimum absolute atomic E-state index is 0.0710. The fraction of sp³-hybridized carbons (Fsp3) is 0.182. The summed E-state index contributed by atoms with van der Waals surface area (Å²) < 4.78 is 0. The van der Waals surface area contributed by atoms with Gasteiger partial charge in [0, 0.05) is 53.6 Å². The lowest BCUT2D eigenvalue weighted by Gasteiger charge is -2.23. The second-order valence-electron chi connectivity index (χ2n) is 6.65. The van der Waals surface area contributed by atoms with Crippen molar-refractivity contribution in [3.8, 4) is 0 Å². The first-order chi connectivity index (χ1) is 14.0. The maximum atomic E-state index is 13.2. The highest BCUT2D eigenvalue weighted by molar-refractivity contribution is 6.31. The highest BCUT2D eigenvalue weighted by Crippen LogP contribution is 2.22. The fourth-order valence-electron chi connectivity index (χ4n) is 3.00. The molecule has 7 heteroatoms. The highest BCUT2D eigenvalue weighted by Gasteiger charge is 2.21. The van der Waals surface area contributed by atoms with E-state index < -0.39 is 4.92 Å². The maximum Gasteiger partial charge on any atom is 0.273 e. The lowest BCUT2D eigenvalue weighted by atomic mass is 10.1. The van der Waals surface area contributed by atoms with Crippen LogP contribution in [-0.4, -0.2) is 27.3 Å². The van der Waals surface area contributed by atoms with Crippen molar-refractivity contribution in [2.24, 2.45) is 0 Å². The number of hydrogen-bond donors (Lipinski definition) is 0. The van der Waals surface area contributed by atoms with Crippen LogP contribution in [0.3, 0.4) is 0 Å². The zero-order valence-corrected chi connectivity index (χ0v) is 16.7. The summed E-state index contributed by atoms with van der Waals surface area (Å²) in [5.41, 5.74) is 2.39. The van der Waals surface area contributed by atoms with Gasteiger partial charge in [-0.05, 0) is 36.8 Å². The van der Waals surface area contributed by atoms with Gasteiger partial charge in [-0.1, -0.05) is 41.9 Å². The van der Waals surface area contributed by atoms with Crippen LogP contribution in [0.15, 0.2) is 66.9 Å². The van der Waals surface area contributed by atoms with Gasteiger partial charge in [-0.3, -0.25) is 19.9 Å². The number of nitro benzene ring substituents is 1. The Hall–Kier alpha value is -3.25. The molecule has 29 heavy (non-hydrogen) atoms. The molecule has 0 fully saturated rings. The zero-order valence-electron chi connectivity index (χ0n) is 15.9. The van der Waals surface area contributed by atoms with Crippen LogP contribution in [-0.2, 0) is 13.0 Å². The van der Waals surface area contributed by atoms with Crippen LogP contribution < -0.4 is 0 Å². The number of nitrogens with zero attached hydrogens (tertiary/aromatic N) is 3. The molecule has 0 saturated heterocycles. The number of hydrogen-bond acceptors (Lipinski definition) is 4. The molecule has 1 aromatic heterocycles. The SMILES string of the molecule is Cc1ccc(C(=O)N(CCc2ccccn2)Cc2ccccc2Cl)cc1[N+](=O)[O-]. The zero-order chi connectivity index (χ0) is 20.8. The average Bonchev–Trinajstić information content (AvgIpc) is 2.73. The number of benzene rings is 2. The molecule has 6 nitrogen and oxygen atoms in total. The number of halogens is 1. The number of rotatable bonds is 7. The van der Waals surface area contributed by atoms with Gasteiger partial charge in [-0.25, -0.2) is 0 Å². The molecule has 0 aliphatic carbocycles. The van der Waals surface area contributed by atoms with Gasteiger partial charge in [0.15, 0.2) is 0 Å². The van der Waals surface area contributed by atoms with Crippen LogP contribution in [0.25, 0.3) is 0 Å². The molecule has 3 aromatic rings. The van der Waals surface area contributed by atoms with E-state index >= 15 is 0 Å². The normalized spacial score (nSPS) is 10.6. The van der Waals surface area contributed by atoms with Gasteiger partial charge in [-0.15, -0.1) is 0 Å². The van der Waals surface area contributed by atoms with Gasteiger partial charge in [0.1, 0.15) is 0 Å². The number of carbonyl (C=O) groups is 1. The third kappa shape index (κ3) is 5.18. The summed E-state index contributed by atoms with van der Waals surface area (Å²) in [4.78, 5) is 29.9. The van der Waals surface area contributed by atoms with Crippen LogP contribution in [0.4, 0.5) is 5.69 Å². The Morgan fingerprint density at radius 3 is 2.59 bits per heavy atom. The number of nitro groups is 1. The smallest absolute Gasteiger partial charge is 0.273 e. The van der Waals surface area contributed by atoms with Crippen molar-refractivity contribution in [1.29, 1.82) is 0 Å². The Bertz CT molecular complexity index is 1020. The summed E-state index contributed by atoms with van der Waals surface area (Å²) in [5.74, 6) is -0.288. The first-order valence-electron chi connectivity index (χ1n) is 9.13. The Morgan fingerprint density at radius 2 is 1.90 bits per heavy atom. The third-order valence-electron chi connectivity index (χ3n) is 4.62. The standard InChI is InChI=1S/C22H20ClN3O3/c1-16-9-10-17(14-21(16)26(28)29)22(27)25(13-11-19-7-4-5-12-24-19)15-18-6-2-3-8-20(18)23/h2-10,12,14H,11,13,15H2,1H3. The van der Waals surface area contributed by atoms with E-state index in [0.717, 1.165) is 11.3 Å². The molecule has 3 rings (SSSR count). The van der Waals surface area contributed by atoms with E-state index in [-0.39, 0.29) is 17.2 Å². The molecule has 1 heterocycles. The summed E-state index contributed by atoms with van der Waals surface area (Å²) in [6, 6.07) is 17.5. The van der Waals surface area contributed by atoms with E-state index in [0.29, 0.717) is 30.1 Å². The molecule has 148 valence electrons. The van der Waals surface area contributed by atoms with E-state index in [1.165, 1.54) is 6.07 Å². The first-order valence-corrected chi connectivity index (χ1v) is 9.51. The van der Waals surface area contributed by atoms with Crippen molar-refractivity contribution < 1.29 is 9.72 Å². The van der Waals surface area contributed by atoms with E-state index in [4.69, 9.17) is 11.6 Å². The highest BCUT2D eigenvalue weighted by atomic mass is 35.5. The molecule has 0 atom stereocenters. The summed E-state index contributed by atoms with van der Waals surface area (Å²) in [6.07, 6.45) is 2.27. The monoisotopic (exact) mass is 409 g/mol. The summed E-state index contributed by atoms with van der Waals surface area (Å²) in [6.45, 7) is 2.35. The van der Waals surface area contributed by atoms with Crippen LogP contribution in [0.5, 0.6) is 0 Å². The van der Waals surface area contributed by atoms with Crippen molar-refractivity contribution in [3.05, 3.63) is 104 Å². The molecule has 0 spiro atoms. The second-order valence-corrected chi connectivity index (χ2v) is 7.05. The van der Waals surface area contributed by atoms with Gasteiger partial charge < -0.3 is 4.90 Å². The molecule has 1 amide bonds. The predicted octanol–water partition coefficient (Wildman–Crippen LogP) is 4.84. The molecular weight excluding hydrogens is 390 g/mol. The quantitative estimate of drug-likeness (QED) is 0.413. The molecular formula is C22H20ClN3O3. The minimum atomic E-state index is -0.474. The molecule has 0 aliphatic heterocycles. The fourth-order valence-corrected chi connectivity index (χ4v) is 3.20. The van der Waals surface area contributed by atoms with E-state index in [9.17, 15) is 14.9 Å². The minimum Gasteiger partial charge on any atom is -0.334 e. The number of aryl methyl sites for hydroxylation is 1. The molecule has 0 N–H and O–H groups in total. The van der Waals surface area contributed by atoms with Gasteiger partial charge >= 0.3 is 0 Å². The molecule has 0 saturated carbocycles. The maximum absolute atomic E-state index is 13.2. The van der Waals surface area contributed by atoms with Crippen LogP contribution >= 0.6 is 11.6 Å². The van der Waals surface area contributed by atoms with Gasteiger partial charge in [0.25, 0.3) is 11.6 Å². The number of aromatic nitrogens is 1. The van der Waals surface area contributed by atoms with Crippen molar-refractivity contribution in [2.75, 3.05) is 6.54 Å². The molecule has 0 bridgehead atoms. The third-order valence-corrected chi connectivity index (χ3v) is 4.99. The van der Waals surface area contributed by atoms with Gasteiger partial charge in [0.2, 0.25) is 0 Å². The number of carbonyl (C=O) groups excluding carboxylic acids is 1. The first kappa shape index (κ1) is 20.5. The second kappa shape index (κ2) is 9.30. The summed E-state index contributed by atoms with van der Waals surface area (Å²) in [7, 11) is 0. The largest absolute Gasteiger partial charge is 0.334 e. The Balaban J connectivity index is 1.89. The molecule has 2 aromatic carbocycles. The lowest BCUT2D eigenvalue weighted by molar-refractivity contribution is -0.385. The topological polar surface area (TPSA) is 76.3 Å². The number of amides is 1. The van der Waals surface area contributed by atoms with Gasteiger partial charge in [-0.2, -0.15) is 0 Å². The van der Waals surface area contributed by atoms with E-state index in [1.807, 2.05) is 36.4 Å². The van der Waals surface area contributed by atoms with Crippen molar-refractivity contribution in [3.63, 3.8) is 0 Å². The summed E-state index contributed by atoms with van der Waals surface area (Å²) >= 11 is 6.28. The van der Waals surface area contributed by atoms with E-state index in [2.05, 4.69) is 4.98 Å². The van der Waals surface area contributed by atoms with Crippen LogP contribution in [0.2, 0.25) is 5.02 Å². The van der Waals surface area contributed by atoms with Crippen molar-refractivity contribution >= 4 is 23.2 Å². The molecule has 0 unspecified atom stereocenters. The van der Waals surface area contributed by atoms with E-state index in [1.54, 1.807) is 36.2 Å².